The van der Waals surface area contributed by atoms with Crippen molar-refractivity contribution in [1.82, 2.24) is 14.5 Å². The molecule has 0 spiro atoms. The largest absolute Gasteiger partial charge is 0.382 e. The number of aliphatic hydroxyl groups excluding tert-OH is 1. The third kappa shape index (κ3) is 3.53. The first-order valence-corrected chi connectivity index (χ1v) is 10.3. The van der Waals surface area contributed by atoms with Gasteiger partial charge in [-0.05, 0) is 30.8 Å². The summed E-state index contributed by atoms with van der Waals surface area (Å²) in [5.74, 6) is -0.766. The highest BCUT2D eigenvalue weighted by Crippen LogP contribution is 2.44. The van der Waals surface area contributed by atoms with Crippen molar-refractivity contribution >= 4 is 38.1 Å². The minimum Gasteiger partial charge on any atom is -0.382 e. The van der Waals surface area contributed by atoms with Crippen molar-refractivity contribution in [3.63, 3.8) is 0 Å². The molecular formula is C16H20ClF2N3O2S. The van der Waals surface area contributed by atoms with Crippen molar-refractivity contribution in [2.75, 3.05) is 19.3 Å². The smallest absolute Gasteiger partial charge is 0.280 e. The van der Waals surface area contributed by atoms with Crippen LogP contribution in [0.25, 0.3) is 10.9 Å². The Morgan fingerprint density at radius 2 is 2.12 bits per heavy atom. The van der Waals surface area contributed by atoms with E-state index >= 15 is 0 Å². The predicted octanol–water partition coefficient (Wildman–Crippen LogP) is 2.86. The number of piperidine rings is 1. The van der Waals surface area contributed by atoms with Crippen molar-refractivity contribution in [2.24, 2.45) is 5.92 Å². The van der Waals surface area contributed by atoms with Crippen molar-refractivity contribution < 1.29 is 18.1 Å². The molecule has 0 aliphatic carbocycles. The van der Waals surface area contributed by atoms with E-state index in [0.717, 1.165) is 0 Å². The SMILES string of the molecule is C=S(C)(=O)N1CCC(C(F)(F)C(O)c2cc(Cl)cc3cn[nH]c23)CC1. The van der Waals surface area contributed by atoms with E-state index in [1.165, 1.54) is 18.5 Å². The number of aliphatic hydroxyl groups is 1. The lowest BCUT2D eigenvalue weighted by Crippen LogP contribution is -2.45. The molecule has 5 nitrogen and oxygen atoms in total. The average Bonchev–Trinajstić information content (AvgIpc) is 3.00. The summed E-state index contributed by atoms with van der Waals surface area (Å²) in [4.78, 5) is 0. The highest BCUT2D eigenvalue weighted by Gasteiger charge is 2.48. The van der Waals surface area contributed by atoms with Crippen LogP contribution in [0.15, 0.2) is 18.3 Å². The summed E-state index contributed by atoms with van der Waals surface area (Å²) in [6.45, 7) is 0.529. The molecular weight excluding hydrogens is 372 g/mol. The van der Waals surface area contributed by atoms with E-state index in [1.807, 2.05) is 0 Å². The molecule has 2 unspecified atom stereocenters. The number of nitrogens with one attached hydrogen (secondary N) is 1. The van der Waals surface area contributed by atoms with Gasteiger partial charge in [0.1, 0.15) is 6.10 Å². The van der Waals surface area contributed by atoms with Gasteiger partial charge in [-0.2, -0.15) is 5.10 Å². The van der Waals surface area contributed by atoms with E-state index < -0.39 is 27.7 Å². The van der Waals surface area contributed by atoms with E-state index in [4.69, 9.17) is 11.6 Å². The predicted molar refractivity (Wildman–Crippen MR) is 96.5 cm³/mol. The fourth-order valence-electron chi connectivity index (χ4n) is 3.32. The minimum absolute atomic E-state index is 0.0314. The monoisotopic (exact) mass is 391 g/mol. The van der Waals surface area contributed by atoms with Gasteiger partial charge in [-0.1, -0.05) is 11.6 Å². The number of fused-ring (bicyclic) bond motifs is 1. The van der Waals surface area contributed by atoms with Crippen LogP contribution >= 0.6 is 11.6 Å². The molecule has 2 atom stereocenters. The lowest BCUT2D eigenvalue weighted by Gasteiger charge is -2.38. The van der Waals surface area contributed by atoms with Gasteiger partial charge in [0.05, 0.1) is 11.7 Å². The summed E-state index contributed by atoms with van der Waals surface area (Å²) < 4.78 is 43.5. The van der Waals surface area contributed by atoms with Gasteiger partial charge in [-0.15, -0.1) is 0 Å². The number of rotatable bonds is 4. The molecule has 1 saturated heterocycles. The number of hydrogen-bond donors (Lipinski definition) is 2. The van der Waals surface area contributed by atoms with E-state index in [1.54, 1.807) is 10.4 Å². The average molecular weight is 392 g/mol. The molecule has 9 heteroatoms. The third-order valence-electron chi connectivity index (χ3n) is 4.75. The lowest BCUT2D eigenvalue weighted by molar-refractivity contribution is -0.158. The molecule has 0 bridgehead atoms. The standard InChI is InChI=1S/C16H20ClF2N3O2S/c1-25(2,24)22-5-3-11(4-6-22)16(18,19)15(23)13-8-12(17)7-10-9-20-21-14(10)13/h7-9,11,15,23H,1,3-6H2,2H3,(H,20,21). The molecule has 1 aliphatic rings. The second-order valence-electron chi connectivity index (χ2n) is 6.57. The first-order valence-electron chi connectivity index (χ1n) is 7.86. The Hall–Kier alpha value is -1.22. The van der Waals surface area contributed by atoms with Gasteiger partial charge in [0.2, 0.25) is 0 Å². The Morgan fingerprint density at radius 1 is 1.48 bits per heavy atom. The summed E-state index contributed by atoms with van der Waals surface area (Å²) in [6, 6.07) is 2.93. The Balaban J connectivity index is 1.85. The van der Waals surface area contributed by atoms with Crippen LogP contribution in [0.1, 0.15) is 24.5 Å². The highest BCUT2D eigenvalue weighted by molar-refractivity contribution is 7.97. The number of halogens is 3. The van der Waals surface area contributed by atoms with Gasteiger partial charge >= 0.3 is 0 Å². The third-order valence-corrected chi connectivity index (χ3v) is 6.42. The van der Waals surface area contributed by atoms with Crippen molar-refractivity contribution in [3.05, 3.63) is 28.9 Å². The molecule has 3 rings (SSSR count). The molecule has 1 aromatic heterocycles. The summed E-state index contributed by atoms with van der Waals surface area (Å²) in [6.07, 6.45) is 1.24. The summed E-state index contributed by atoms with van der Waals surface area (Å²) in [5.41, 5.74) is 0.382. The second kappa shape index (κ2) is 6.50. The fraction of sp³-hybridized carbons (Fsp3) is 0.500. The Kier molecular flexibility index (Phi) is 4.83. The quantitative estimate of drug-likeness (QED) is 0.787. The van der Waals surface area contributed by atoms with Gasteiger partial charge in [0.15, 0.2) is 0 Å². The zero-order chi connectivity index (χ0) is 18.4. The van der Waals surface area contributed by atoms with Gasteiger partial charge < -0.3 is 5.11 Å². The van der Waals surface area contributed by atoms with Crippen LogP contribution in [-0.4, -0.2) is 55.0 Å². The number of benzene rings is 1. The van der Waals surface area contributed by atoms with Crippen LogP contribution in [0.3, 0.4) is 0 Å². The minimum atomic E-state index is -3.34. The zero-order valence-electron chi connectivity index (χ0n) is 13.7. The molecule has 1 fully saturated rings. The molecule has 2 aromatic rings. The number of aromatic amines is 1. The first kappa shape index (κ1) is 18.6. The maximum atomic E-state index is 14.9. The van der Waals surface area contributed by atoms with Crippen LogP contribution in [-0.2, 0) is 9.71 Å². The lowest BCUT2D eigenvalue weighted by atomic mass is 9.85. The number of hydrogen-bond acceptors (Lipinski definition) is 3. The molecule has 2 N–H and O–H groups in total. The number of H-pyrrole nitrogens is 1. The Bertz CT molecular complexity index is 877. The molecule has 2 heterocycles. The Morgan fingerprint density at radius 3 is 2.72 bits per heavy atom. The second-order valence-corrected chi connectivity index (χ2v) is 9.44. The van der Waals surface area contributed by atoms with Gasteiger partial charge in [-0.25, -0.2) is 13.1 Å². The Labute approximate surface area is 150 Å². The maximum Gasteiger partial charge on any atom is 0.280 e. The molecule has 0 saturated carbocycles. The van der Waals surface area contributed by atoms with Crippen LogP contribution in [0.5, 0.6) is 0 Å². The van der Waals surface area contributed by atoms with E-state index in [2.05, 4.69) is 16.1 Å². The highest BCUT2D eigenvalue weighted by atomic mass is 35.5. The topological polar surface area (TPSA) is 69.2 Å². The summed E-state index contributed by atoms with van der Waals surface area (Å²) >= 11 is 5.99. The number of aromatic nitrogens is 2. The van der Waals surface area contributed by atoms with Crippen molar-refractivity contribution in [3.8, 4) is 0 Å². The van der Waals surface area contributed by atoms with Crippen LogP contribution in [0, 0.1) is 5.92 Å². The van der Waals surface area contributed by atoms with Crippen LogP contribution < -0.4 is 0 Å². The van der Waals surface area contributed by atoms with E-state index in [9.17, 15) is 18.1 Å². The van der Waals surface area contributed by atoms with E-state index in [-0.39, 0.29) is 36.5 Å². The molecule has 0 radical (unpaired) electrons. The van der Waals surface area contributed by atoms with E-state index in [0.29, 0.717) is 10.9 Å². The zero-order valence-corrected chi connectivity index (χ0v) is 15.3. The van der Waals surface area contributed by atoms with Crippen LogP contribution in [0.2, 0.25) is 5.02 Å². The van der Waals surface area contributed by atoms with Crippen molar-refractivity contribution in [1.29, 1.82) is 0 Å². The molecule has 1 aliphatic heterocycles. The number of alkyl halides is 2. The van der Waals surface area contributed by atoms with Crippen LogP contribution in [0.4, 0.5) is 8.78 Å². The summed E-state index contributed by atoms with van der Waals surface area (Å²) in [7, 11) is -2.40. The summed E-state index contributed by atoms with van der Waals surface area (Å²) in [5, 5.41) is 17.7. The van der Waals surface area contributed by atoms with Gasteiger partial charge in [0.25, 0.3) is 5.92 Å². The van der Waals surface area contributed by atoms with Crippen molar-refractivity contribution in [2.45, 2.75) is 24.9 Å². The van der Waals surface area contributed by atoms with Gasteiger partial charge in [0, 0.05) is 50.9 Å². The first-order chi connectivity index (χ1) is 11.6. The molecule has 25 heavy (non-hydrogen) atoms. The van der Waals surface area contributed by atoms with Gasteiger partial charge in [-0.3, -0.25) is 9.31 Å². The molecule has 138 valence electrons. The maximum absolute atomic E-state index is 14.9. The fourth-order valence-corrected chi connectivity index (χ4v) is 4.54. The number of nitrogens with zero attached hydrogens (tertiary/aromatic N) is 2. The normalized spacial score (nSPS) is 21.3. The molecule has 1 aromatic carbocycles. The molecule has 0 amide bonds.